The van der Waals surface area contributed by atoms with E-state index in [1.807, 2.05) is 0 Å². The number of nitrogens with one attached hydrogen (secondary N) is 1. The van der Waals surface area contributed by atoms with Gasteiger partial charge in [0.1, 0.15) is 11.9 Å². The molecule has 1 aromatic rings. The van der Waals surface area contributed by atoms with E-state index in [-0.39, 0.29) is 29.1 Å². The summed E-state index contributed by atoms with van der Waals surface area (Å²) < 4.78 is 5.97. The second-order valence-corrected chi connectivity index (χ2v) is 7.08. The van der Waals surface area contributed by atoms with Gasteiger partial charge in [0.25, 0.3) is 5.69 Å². The van der Waals surface area contributed by atoms with Crippen molar-refractivity contribution in [2.45, 2.75) is 32.3 Å². The molecule has 2 aliphatic rings. The lowest BCUT2D eigenvalue weighted by molar-refractivity contribution is -0.384. The molecule has 6 nitrogen and oxygen atoms in total. The Morgan fingerprint density at radius 2 is 2.00 bits per heavy atom. The van der Waals surface area contributed by atoms with Gasteiger partial charge in [-0.3, -0.25) is 10.1 Å². The molecular formula is C17H26ClN3O3. The second-order valence-electron chi connectivity index (χ2n) is 7.08. The van der Waals surface area contributed by atoms with Crippen LogP contribution >= 0.6 is 12.4 Å². The van der Waals surface area contributed by atoms with Crippen LogP contribution in [-0.4, -0.2) is 48.7 Å². The quantitative estimate of drug-likeness (QED) is 0.649. The maximum atomic E-state index is 10.7. The van der Waals surface area contributed by atoms with Crippen molar-refractivity contribution in [2.24, 2.45) is 5.41 Å². The molecule has 1 unspecified atom stereocenters. The van der Waals surface area contributed by atoms with Gasteiger partial charge in [0, 0.05) is 38.3 Å². The summed E-state index contributed by atoms with van der Waals surface area (Å²) in [6.07, 6.45) is 3.50. The second kappa shape index (κ2) is 8.14. The van der Waals surface area contributed by atoms with Crippen molar-refractivity contribution < 1.29 is 9.66 Å². The zero-order chi connectivity index (χ0) is 16.3. The van der Waals surface area contributed by atoms with E-state index >= 15 is 0 Å². The topological polar surface area (TPSA) is 67.6 Å². The van der Waals surface area contributed by atoms with E-state index in [1.54, 1.807) is 12.1 Å². The molecule has 0 radical (unpaired) electrons. The number of likely N-dealkylation sites (tertiary alicyclic amines) is 1. The molecule has 2 heterocycles. The van der Waals surface area contributed by atoms with Crippen molar-refractivity contribution in [1.29, 1.82) is 0 Å². The number of ether oxygens (including phenoxy) is 1. The van der Waals surface area contributed by atoms with Crippen LogP contribution in [0.15, 0.2) is 24.3 Å². The van der Waals surface area contributed by atoms with Gasteiger partial charge in [0.05, 0.1) is 4.92 Å². The summed E-state index contributed by atoms with van der Waals surface area (Å²) in [5, 5.41) is 14.1. The summed E-state index contributed by atoms with van der Waals surface area (Å²) in [5.41, 5.74) is 0.511. The Labute approximate surface area is 149 Å². The van der Waals surface area contributed by atoms with Crippen molar-refractivity contribution in [3.8, 4) is 5.75 Å². The first-order valence-corrected chi connectivity index (χ1v) is 8.38. The van der Waals surface area contributed by atoms with Gasteiger partial charge in [0.15, 0.2) is 0 Å². The smallest absolute Gasteiger partial charge is 0.269 e. The standard InChI is InChI=1S/C17H25N3O3.ClH/c1-17(8-9-18-12-17)13-19-10-6-16(7-11-19)23-15-4-2-14(3-5-15)20(21)22;/h2-5,16,18H,6-13H2,1H3;1H. The van der Waals surface area contributed by atoms with Crippen LogP contribution in [0.4, 0.5) is 5.69 Å². The van der Waals surface area contributed by atoms with Crippen molar-refractivity contribution >= 4 is 18.1 Å². The van der Waals surface area contributed by atoms with Crippen LogP contribution in [0.25, 0.3) is 0 Å². The first-order valence-electron chi connectivity index (χ1n) is 8.38. The number of nitro groups is 1. The molecule has 0 bridgehead atoms. The SMILES string of the molecule is CC1(CN2CCC(Oc3ccc([N+](=O)[O-])cc3)CC2)CCNC1.Cl. The van der Waals surface area contributed by atoms with E-state index in [0.717, 1.165) is 51.3 Å². The summed E-state index contributed by atoms with van der Waals surface area (Å²) in [6, 6.07) is 6.38. The lowest BCUT2D eigenvalue weighted by Crippen LogP contribution is -2.44. The van der Waals surface area contributed by atoms with E-state index < -0.39 is 0 Å². The molecule has 1 aromatic carbocycles. The van der Waals surface area contributed by atoms with Crippen LogP contribution in [0.3, 0.4) is 0 Å². The molecule has 134 valence electrons. The number of nitrogens with zero attached hydrogens (tertiary/aromatic N) is 2. The van der Waals surface area contributed by atoms with Gasteiger partial charge in [-0.1, -0.05) is 6.92 Å². The maximum Gasteiger partial charge on any atom is 0.269 e. The van der Waals surface area contributed by atoms with E-state index in [9.17, 15) is 10.1 Å². The number of benzene rings is 1. The summed E-state index contributed by atoms with van der Waals surface area (Å²) in [4.78, 5) is 12.8. The minimum Gasteiger partial charge on any atom is -0.490 e. The first kappa shape index (κ1) is 19.0. The fourth-order valence-corrected chi connectivity index (χ4v) is 3.57. The van der Waals surface area contributed by atoms with Crippen LogP contribution in [0.2, 0.25) is 0 Å². The predicted molar refractivity (Wildman–Crippen MR) is 96.0 cm³/mol. The highest BCUT2D eigenvalue weighted by atomic mass is 35.5. The Hall–Kier alpha value is -1.37. The lowest BCUT2D eigenvalue weighted by atomic mass is 9.88. The van der Waals surface area contributed by atoms with Gasteiger partial charge >= 0.3 is 0 Å². The van der Waals surface area contributed by atoms with E-state index in [0.29, 0.717) is 5.41 Å². The van der Waals surface area contributed by atoms with Gasteiger partial charge in [0.2, 0.25) is 0 Å². The molecule has 7 heteroatoms. The average Bonchev–Trinajstić information content (AvgIpc) is 2.96. The Morgan fingerprint density at radius 3 is 2.54 bits per heavy atom. The van der Waals surface area contributed by atoms with Crippen LogP contribution < -0.4 is 10.1 Å². The highest BCUT2D eigenvalue weighted by Crippen LogP contribution is 2.28. The minimum absolute atomic E-state index is 0. The zero-order valence-corrected chi connectivity index (χ0v) is 14.9. The number of hydrogen-bond acceptors (Lipinski definition) is 5. The normalized spacial score (nSPS) is 25.2. The Kier molecular flexibility index (Phi) is 6.43. The summed E-state index contributed by atoms with van der Waals surface area (Å²) in [7, 11) is 0. The molecule has 3 rings (SSSR count). The number of piperidine rings is 1. The van der Waals surface area contributed by atoms with Crippen LogP contribution in [0.5, 0.6) is 5.75 Å². The van der Waals surface area contributed by atoms with E-state index in [4.69, 9.17) is 4.74 Å². The molecule has 0 aromatic heterocycles. The fraction of sp³-hybridized carbons (Fsp3) is 0.647. The Bertz CT molecular complexity index is 539. The molecule has 2 fully saturated rings. The molecule has 0 amide bonds. The number of rotatable bonds is 5. The summed E-state index contributed by atoms with van der Waals surface area (Å²) >= 11 is 0. The van der Waals surface area contributed by atoms with E-state index in [2.05, 4.69) is 17.1 Å². The number of nitro benzene ring substituents is 1. The molecule has 2 saturated heterocycles. The molecule has 1 atom stereocenters. The molecule has 24 heavy (non-hydrogen) atoms. The average molecular weight is 356 g/mol. The molecular weight excluding hydrogens is 330 g/mol. The van der Waals surface area contributed by atoms with Crippen molar-refractivity contribution in [3.63, 3.8) is 0 Å². The molecule has 0 aliphatic carbocycles. The van der Waals surface area contributed by atoms with E-state index in [1.165, 1.54) is 18.6 Å². The molecule has 2 aliphatic heterocycles. The summed E-state index contributed by atoms with van der Waals surface area (Å²) in [5.74, 6) is 0.723. The van der Waals surface area contributed by atoms with Gasteiger partial charge in [-0.2, -0.15) is 0 Å². The third-order valence-electron chi connectivity index (χ3n) is 4.95. The summed E-state index contributed by atoms with van der Waals surface area (Å²) in [6.45, 7) is 7.90. The van der Waals surface area contributed by atoms with Crippen molar-refractivity contribution in [1.82, 2.24) is 10.2 Å². The molecule has 0 saturated carbocycles. The minimum atomic E-state index is -0.388. The first-order chi connectivity index (χ1) is 11.0. The van der Waals surface area contributed by atoms with Gasteiger partial charge in [-0.15, -0.1) is 12.4 Å². The van der Waals surface area contributed by atoms with Gasteiger partial charge < -0.3 is 15.0 Å². The fourth-order valence-electron chi connectivity index (χ4n) is 3.57. The third-order valence-corrected chi connectivity index (χ3v) is 4.95. The predicted octanol–water partition coefficient (Wildman–Crippen LogP) is 2.86. The Morgan fingerprint density at radius 1 is 1.33 bits per heavy atom. The largest absolute Gasteiger partial charge is 0.490 e. The Balaban J connectivity index is 0.00000208. The van der Waals surface area contributed by atoms with Crippen LogP contribution in [0.1, 0.15) is 26.2 Å². The van der Waals surface area contributed by atoms with Gasteiger partial charge in [-0.05, 0) is 43.4 Å². The maximum absolute atomic E-state index is 10.7. The highest BCUT2D eigenvalue weighted by molar-refractivity contribution is 5.85. The van der Waals surface area contributed by atoms with Crippen LogP contribution in [0, 0.1) is 15.5 Å². The number of non-ortho nitro benzene ring substituents is 1. The molecule has 0 spiro atoms. The lowest BCUT2D eigenvalue weighted by Gasteiger charge is -2.37. The zero-order valence-electron chi connectivity index (χ0n) is 14.1. The molecule has 1 N–H and O–H groups in total. The highest BCUT2D eigenvalue weighted by Gasteiger charge is 2.32. The van der Waals surface area contributed by atoms with Crippen molar-refractivity contribution in [2.75, 3.05) is 32.7 Å². The van der Waals surface area contributed by atoms with Gasteiger partial charge in [-0.25, -0.2) is 0 Å². The monoisotopic (exact) mass is 355 g/mol. The third kappa shape index (κ3) is 4.82. The van der Waals surface area contributed by atoms with Crippen molar-refractivity contribution in [3.05, 3.63) is 34.4 Å². The van der Waals surface area contributed by atoms with Crippen LogP contribution in [-0.2, 0) is 0 Å². The number of hydrogen-bond donors (Lipinski definition) is 1. The number of halogens is 1.